The molecule has 0 fully saturated rings. The molecular weight excluding hydrogens is 312 g/mol. The van der Waals surface area contributed by atoms with E-state index in [9.17, 15) is 9.59 Å². The van der Waals surface area contributed by atoms with E-state index >= 15 is 0 Å². The highest BCUT2D eigenvalue weighted by molar-refractivity contribution is 5.87. The number of ether oxygens (including phenoxy) is 1. The van der Waals surface area contributed by atoms with Crippen LogP contribution in [0.1, 0.15) is 90.9 Å². The first-order valence-corrected chi connectivity index (χ1v) is 10.1. The van der Waals surface area contributed by atoms with Gasteiger partial charge in [-0.1, -0.05) is 51.7 Å². The number of hydrogen-bond donors (Lipinski definition) is 0. The van der Waals surface area contributed by atoms with Gasteiger partial charge in [0.25, 0.3) is 0 Å². The smallest absolute Gasteiger partial charge is 0.316 e. The Morgan fingerprint density at radius 3 is 1.44 bits per heavy atom. The molecule has 0 aliphatic heterocycles. The van der Waals surface area contributed by atoms with Crippen LogP contribution in [0.25, 0.3) is 0 Å². The lowest BCUT2D eigenvalue weighted by atomic mass is 9.94. The van der Waals surface area contributed by atoms with Crippen molar-refractivity contribution in [2.45, 2.75) is 90.9 Å². The highest BCUT2D eigenvalue weighted by Crippen LogP contribution is 2.22. The summed E-state index contributed by atoms with van der Waals surface area (Å²) in [4.78, 5) is 25.0. The number of esters is 2. The van der Waals surface area contributed by atoms with Gasteiger partial charge in [-0.25, -0.2) is 0 Å². The predicted octanol–water partition coefficient (Wildman–Crippen LogP) is 6.38. The molecule has 0 aromatic rings. The van der Waals surface area contributed by atoms with Crippen molar-refractivity contribution in [3.63, 3.8) is 0 Å². The molecule has 0 N–H and O–H groups in total. The molecule has 0 aliphatic rings. The largest absolute Gasteiger partial charge is 0.393 e. The number of allylic oxidation sites excluding steroid dienone is 2. The first-order chi connectivity index (χ1) is 12.1. The Labute approximate surface area is 154 Å². The SMILES string of the molecule is C=CCCCC(CCCC)C(=O)OC(=O)C(CCCC)CCCC=C. The maximum absolute atomic E-state index is 12.5. The normalized spacial score (nSPS) is 13.0. The average molecular weight is 351 g/mol. The molecule has 0 aliphatic carbocycles. The molecule has 0 aromatic heterocycles. The molecule has 2 atom stereocenters. The minimum atomic E-state index is -0.326. The zero-order valence-corrected chi connectivity index (χ0v) is 16.4. The molecule has 0 aromatic carbocycles. The van der Waals surface area contributed by atoms with E-state index in [0.29, 0.717) is 0 Å². The Morgan fingerprint density at radius 2 is 1.12 bits per heavy atom. The third-order valence-electron chi connectivity index (χ3n) is 4.60. The summed E-state index contributed by atoms with van der Waals surface area (Å²) < 4.78 is 5.30. The van der Waals surface area contributed by atoms with E-state index in [4.69, 9.17) is 4.74 Å². The maximum atomic E-state index is 12.5. The molecule has 25 heavy (non-hydrogen) atoms. The zero-order valence-electron chi connectivity index (χ0n) is 16.4. The fourth-order valence-corrected chi connectivity index (χ4v) is 2.94. The predicted molar refractivity (Wildman–Crippen MR) is 105 cm³/mol. The molecule has 0 rings (SSSR count). The molecule has 0 amide bonds. The van der Waals surface area contributed by atoms with Crippen LogP contribution < -0.4 is 0 Å². The zero-order chi connectivity index (χ0) is 18.9. The average Bonchev–Trinajstić information content (AvgIpc) is 2.60. The third kappa shape index (κ3) is 11.7. The fraction of sp³-hybridized carbons (Fsp3) is 0.727. The first-order valence-electron chi connectivity index (χ1n) is 10.1. The summed E-state index contributed by atoms with van der Waals surface area (Å²) >= 11 is 0. The van der Waals surface area contributed by atoms with Crippen molar-refractivity contribution in [3.05, 3.63) is 25.3 Å². The standard InChI is InChI=1S/C22H38O3/c1-5-9-13-17-19(15-11-7-3)21(23)25-22(24)20(16-12-8-4)18-14-10-6-2/h5-6,19-20H,1-2,7-18H2,3-4H3. The van der Waals surface area contributed by atoms with Gasteiger partial charge >= 0.3 is 11.9 Å². The molecule has 0 bridgehead atoms. The first kappa shape index (κ1) is 23.6. The van der Waals surface area contributed by atoms with Crippen LogP contribution in [0.3, 0.4) is 0 Å². The van der Waals surface area contributed by atoms with Gasteiger partial charge in [-0.05, 0) is 51.4 Å². The Kier molecular flexibility index (Phi) is 15.2. The van der Waals surface area contributed by atoms with E-state index in [2.05, 4.69) is 27.0 Å². The van der Waals surface area contributed by atoms with Gasteiger partial charge in [0.1, 0.15) is 0 Å². The van der Waals surface area contributed by atoms with Crippen LogP contribution in [-0.2, 0) is 14.3 Å². The fourth-order valence-electron chi connectivity index (χ4n) is 2.94. The number of unbranched alkanes of at least 4 members (excludes halogenated alkanes) is 4. The molecule has 0 saturated carbocycles. The van der Waals surface area contributed by atoms with Gasteiger partial charge in [-0.15, -0.1) is 13.2 Å². The minimum absolute atomic E-state index is 0.163. The minimum Gasteiger partial charge on any atom is -0.393 e. The second kappa shape index (κ2) is 16.1. The molecule has 0 saturated heterocycles. The quantitative estimate of drug-likeness (QED) is 0.140. The number of carbonyl (C=O) groups excluding carboxylic acids is 2. The van der Waals surface area contributed by atoms with Crippen LogP contribution in [0.4, 0.5) is 0 Å². The Balaban J connectivity index is 4.66. The summed E-state index contributed by atoms with van der Waals surface area (Å²) in [6.45, 7) is 11.7. The van der Waals surface area contributed by atoms with Crippen LogP contribution in [0.5, 0.6) is 0 Å². The van der Waals surface area contributed by atoms with Gasteiger partial charge in [-0.3, -0.25) is 9.59 Å². The van der Waals surface area contributed by atoms with Crippen LogP contribution in [-0.4, -0.2) is 11.9 Å². The van der Waals surface area contributed by atoms with Gasteiger partial charge in [0.15, 0.2) is 0 Å². The maximum Gasteiger partial charge on any atom is 0.316 e. The van der Waals surface area contributed by atoms with Gasteiger partial charge in [0, 0.05) is 0 Å². The highest BCUT2D eigenvalue weighted by atomic mass is 16.6. The van der Waals surface area contributed by atoms with Crippen LogP contribution in [0.15, 0.2) is 25.3 Å². The third-order valence-corrected chi connectivity index (χ3v) is 4.60. The van der Waals surface area contributed by atoms with Crippen molar-refractivity contribution < 1.29 is 14.3 Å². The Bertz CT molecular complexity index is 351. The summed E-state index contributed by atoms with van der Waals surface area (Å²) in [7, 11) is 0. The number of rotatable bonds is 16. The molecule has 3 nitrogen and oxygen atoms in total. The second-order valence-corrected chi connectivity index (χ2v) is 6.86. The van der Waals surface area contributed by atoms with E-state index in [-0.39, 0.29) is 23.8 Å². The van der Waals surface area contributed by atoms with Crippen molar-refractivity contribution >= 4 is 11.9 Å². The van der Waals surface area contributed by atoms with Gasteiger partial charge in [0.05, 0.1) is 11.8 Å². The molecule has 0 spiro atoms. The van der Waals surface area contributed by atoms with Gasteiger partial charge < -0.3 is 4.74 Å². The van der Waals surface area contributed by atoms with E-state index in [1.54, 1.807) is 0 Å². The highest BCUT2D eigenvalue weighted by Gasteiger charge is 2.26. The summed E-state index contributed by atoms with van der Waals surface area (Å²) in [6.07, 6.45) is 14.6. The number of carbonyl (C=O) groups is 2. The van der Waals surface area contributed by atoms with Gasteiger partial charge in [-0.2, -0.15) is 0 Å². The van der Waals surface area contributed by atoms with Crippen LogP contribution >= 0.6 is 0 Å². The van der Waals surface area contributed by atoms with Crippen LogP contribution in [0, 0.1) is 11.8 Å². The molecule has 3 heteroatoms. The lowest BCUT2D eigenvalue weighted by Crippen LogP contribution is -2.26. The van der Waals surface area contributed by atoms with Crippen molar-refractivity contribution in [1.82, 2.24) is 0 Å². The van der Waals surface area contributed by atoms with Crippen molar-refractivity contribution in [3.8, 4) is 0 Å². The van der Waals surface area contributed by atoms with E-state index in [1.165, 1.54) is 0 Å². The number of hydrogen-bond acceptors (Lipinski definition) is 3. The van der Waals surface area contributed by atoms with Crippen LogP contribution in [0.2, 0.25) is 0 Å². The molecule has 0 heterocycles. The molecular formula is C22H38O3. The summed E-state index contributed by atoms with van der Waals surface area (Å²) in [5.74, 6) is -0.979. The summed E-state index contributed by atoms with van der Waals surface area (Å²) in [5, 5.41) is 0. The van der Waals surface area contributed by atoms with Crippen molar-refractivity contribution in [2.75, 3.05) is 0 Å². The van der Waals surface area contributed by atoms with Gasteiger partial charge in [0.2, 0.25) is 0 Å². The molecule has 0 radical (unpaired) electrons. The summed E-state index contributed by atoms with van der Waals surface area (Å²) in [6, 6.07) is 0. The van der Waals surface area contributed by atoms with Crippen molar-refractivity contribution in [1.29, 1.82) is 0 Å². The van der Waals surface area contributed by atoms with E-state index in [1.807, 2.05) is 12.2 Å². The lowest BCUT2D eigenvalue weighted by Gasteiger charge is -2.18. The lowest BCUT2D eigenvalue weighted by molar-refractivity contribution is -0.166. The molecule has 144 valence electrons. The second-order valence-electron chi connectivity index (χ2n) is 6.86. The van der Waals surface area contributed by atoms with E-state index in [0.717, 1.165) is 77.0 Å². The monoisotopic (exact) mass is 350 g/mol. The van der Waals surface area contributed by atoms with Crippen molar-refractivity contribution in [2.24, 2.45) is 11.8 Å². The van der Waals surface area contributed by atoms with E-state index < -0.39 is 0 Å². The Morgan fingerprint density at radius 1 is 0.760 bits per heavy atom. The Hall–Kier alpha value is -1.38. The topological polar surface area (TPSA) is 43.4 Å². The summed E-state index contributed by atoms with van der Waals surface area (Å²) in [5.41, 5.74) is 0. The molecule has 2 unspecified atom stereocenters.